The van der Waals surface area contributed by atoms with Gasteiger partial charge in [0.05, 0.1) is 11.4 Å². The van der Waals surface area contributed by atoms with Gasteiger partial charge in [-0.3, -0.25) is 19.2 Å². The predicted octanol–water partition coefficient (Wildman–Crippen LogP) is 3.35. The van der Waals surface area contributed by atoms with Gasteiger partial charge in [-0.1, -0.05) is 0 Å². The van der Waals surface area contributed by atoms with Crippen molar-refractivity contribution in [2.45, 2.75) is 19.4 Å². The van der Waals surface area contributed by atoms with E-state index in [0.717, 1.165) is 11.3 Å². The second kappa shape index (κ2) is 7.24. The maximum atomic E-state index is 13.1. The van der Waals surface area contributed by atoms with Gasteiger partial charge in [-0.2, -0.15) is 0 Å². The molecule has 0 radical (unpaired) electrons. The lowest BCUT2D eigenvalue weighted by Crippen LogP contribution is -2.34. The fraction of sp³-hybridized carbons (Fsp3) is 0.158. The van der Waals surface area contributed by atoms with E-state index in [0.29, 0.717) is 22.8 Å². The van der Waals surface area contributed by atoms with Crippen LogP contribution in [-0.2, 0) is 6.42 Å². The Labute approximate surface area is 158 Å². The number of fused-ring (bicyclic) bond motifs is 1. The number of hydrogen-bond donors (Lipinski definition) is 1. The Bertz CT molecular complexity index is 1070. The van der Waals surface area contributed by atoms with Gasteiger partial charge in [-0.15, -0.1) is 11.3 Å². The van der Waals surface area contributed by atoms with E-state index in [1.165, 1.54) is 23.5 Å². The Morgan fingerprint density at radius 3 is 2.85 bits per heavy atom. The van der Waals surface area contributed by atoms with E-state index in [1.807, 2.05) is 6.92 Å². The monoisotopic (exact) mass is 381 g/mol. The quantitative estimate of drug-likeness (QED) is 0.575. The van der Waals surface area contributed by atoms with Crippen LogP contribution < -0.4 is 5.32 Å². The van der Waals surface area contributed by atoms with Crippen molar-refractivity contribution < 1.29 is 9.18 Å². The highest BCUT2D eigenvalue weighted by Gasteiger charge is 2.17. The van der Waals surface area contributed by atoms with Gasteiger partial charge in [-0.25, -0.2) is 9.37 Å². The zero-order valence-electron chi connectivity index (χ0n) is 14.5. The van der Waals surface area contributed by atoms with Crippen LogP contribution in [0.2, 0.25) is 0 Å². The maximum absolute atomic E-state index is 13.1. The molecule has 1 aromatic carbocycles. The topological polar surface area (TPSA) is 72.2 Å². The average molecular weight is 381 g/mol. The fourth-order valence-corrected chi connectivity index (χ4v) is 3.66. The molecule has 0 saturated heterocycles. The third-order valence-electron chi connectivity index (χ3n) is 4.09. The Morgan fingerprint density at radius 1 is 1.30 bits per heavy atom. The molecule has 0 bridgehead atoms. The lowest BCUT2D eigenvalue weighted by Gasteiger charge is -2.12. The number of carbonyl (C=O) groups excluding carboxylic acids is 1. The normalized spacial score (nSPS) is 12.2. The van der Waals surface area contributed by atoms with E-state index in [9.17, 15) is 9.18 Å². The molecule has 0 aliphatic heterocycles. The molecule has 6 nitrogen and oxygen atoms in total. The van der Waals surface area contributed by atoms with Crippen LogP contribution in [0.1, 0.15) is 23.1 Å². The van der Waals surface area contributed by atoms with Gasteiger partial charge in [0.1, 0.15) is 11.5 Å². The molecule has 0 unspecified atom stereocenters. The van der Waals surface area contributed by atoms with E-state index >= 15 is 0 Å². The minimum absolute atomic E-state index is 0.0933. The second-order valence-electron chi connectivity index (χ2n) is 6.18. The zero-order chi connectivity index (χ0) is 18.8. The van der Waals surface area contributed by atoms with Crippen LogP contribution in [-0.4, -0.2) is 31.3 Å². The highest BCUT2D eigenvalue weighted by molar-refractivity contribution is 7.15. The summed E-state index contributed by atoms with van der Waals surface area (Å²) in [7, 11) is 0. The number of amides is 1. The summed E-state index contributed by atoms with van der Waals surface area (Å²) in [6.45, 7) is 1.92. The smallest absolute Gasteiger partial charge is 0.269 e. The minimum Gasteiger partial charge on any atom is -0.348 e. The highest BCUT2D eigenvalue weighted by Crippen LogP contribution is 2.24. The van der Waals surface area contributed by atoms with Gasteiger partial charge in [0.15, 0.2) is 4.96 Å². The molecule has 1 amide bonds. The summed E-state index contributed by atoms with van der Waals surface area (Å²) in [5.74, 6) is -0.474. The number of carbonyl (C=O) groups is 1. The Morgan fingerprint density at radius 2 is 2.11 bits per heavy atom. The van der Waals surface area contributed by atoms with Crippen LogP contribution in [0.4, 0.5) is 4.39 Å². The maximum Gasteiger partial charge on any atom is 0.269 e. The third-order valence-corrected chi connectivity index (χ3v) is 4.93. The zero-order valence-corrected chi connectivity index (χ0v) is 15.3. The molecular weight excluding hydrogens is 365 g/mol. The van der Waals surface area contributed by atoms with Gasteiger partial charge >= 0.3 is 0 Å². The van der Waals surface area contributed by atoms with Crippen LogP contribution in [0.3, 0.4) is 0 Å². The number of nitrogens with one attached hydrogen (secondary N) is 1. The van der Waals surface area contributed by atoms with Crippen molar-refractivity contribution in [3.05, 3.63) is 71.6 Å². The first-order valence-electron chi connectivity index (χ1n) is 8.38. The summed E-state index contributed by atoms with van der Waals surface area (Å²) in [6, 6.07) is 6.04. The van der Waals surface area contributed by atoms with Gasteiger partial charge in [0, 0.05) is 48.2 Å². The number of aromatic nitrogens is 4. The van der Waals surface area contributed by atoms with Crippen molar-refractivity contribution >= 4 is 22.2 Å². The predicted molar refractivity (Wildman–Crippen MR) is 101 cm³/mol. The lowest BCUT2D eigenvalue weighted by atomic mass is 10.2. The molecule has 0 saturated carbocycles. The standard InChI is InChI=1S/C19H16FN5OS/c1-12(8-15-9-21-6-7-22-15)23-18(26)17-11-27-19-24-16(10-25(17)19)13-2-4-14(20)5-3-13/h2-7,9-12H,8H2,1H3,(H,23,26)/t12-/m1/s1. The van der Waals surface area contributed by atoms with Crippen molar-refractivity contribution in [3.63, 3.8) is 0 Å². The van der Waals surface area contributed by atoms with E-state index in [-0.39, 0.29) is 17.8 Å². The molecule has 0 aliphatic carbocycles. The van der Waals surface area contributed by atoms with E-state index in [1.54, 1.807) is 46.7 Å². The van der Waals surface area contributed by atoms with Crippen LogP contribution >= 0.6 is 11.3 Å². The molecule has 0 aliphatic rings. The molecular formula is C19H16FN5OS. The molecule has 136 valence electrons. The Balaban J connectivity index is 1.52. The summed E-state index contributed by atoms with van der Waals surface area (Å²) in [4.78, 5) is 26.2. The van der Waals surface area contributed by atoms with Crippen molar-refractivity contribution in [2.75, 3.05) is 0 Å². The summed E-state index contributed by atoms with van der Waals surface area (Å²) in [5, 5.41) is 4.76. The van der Waals surface area contributed by atoms with Crippen LogP contribution in [0.25, 0.3) is 16.2 Å². The van der Waals surface area contributed by atoms with E-state index in [4.69, 9.17) is 0 Å². The Kier molecular flexibility index (Phi) is 4.64. The summed E-state index contributed by atoms with van der Waals surface area (Å²) in [5.41, 5.74) is 2.84. The first kappa shape index (κ1) is 17.3. The largest absolute Gasteiger partial charge is 0.348 e. The summed E-state index contributed by atoms with van der Waals surface area (Å²) < 4.78 is 14.9. The lowest BCUT2D eigenvalue weighted by molar-refractivity contribution is 0.0934. The number of imidazole rings is 1. The van der Waals surface area contributed by atoms with Gasteiger partial charge in [0.2, 0.25) is 0 Å². The molecule has 3 aromatic heterocycles. The molecule has 1 atom stereocenters. The van der Waals surface area contributed by atoms with Crippen molar-refractivity contribution in [2.24, 2.45) is 0 Å². The fourth-order valence-electron chi connectivity index (χ4n) is 2.80. The molecule has 4 rings (SSSR count). The highest BCUT2D eigenvalue weighted by atomic mass is 32.1. The molecule has 27 heavy (non-hydrogen) atoms. The van der Waals surface area contributed by atoms with Crippen LogP contribution in [0.5, 0.6) is 0 Å². The number of hydrogen-bond acceptors (Lipinski definition) is 5. The molecule has 8 heteroatoms. The SMILES string of the molecule is C[C@H](Cc1cnccn1)NC(=O)c1csc2nc(-c3ccc(F)cc3)cn12. The van der Waals surface area contributed by atoms with Crippen molar-refractivity contribution in [3.8, 4) is 11.3 Å². The van der Waals surface area contributed by atoms with Gasteiger partial charge < -0.3 is 5.32 Å². The number of halogens is 1. The first-order valence-corrected chi connectivity index (χ1v) is 9.26. The van der Waals surface area contributed by atoms with Gasteiger partial charge in [-0.05, 0) is 31.2 Å². The molecule has 1 N–H and O–H groups in total. The number of thiazole rings is 1. The molecule has 0 spiro atoms. The molecule has 0 fully saturated rings. The summed E-state index contributed by atoms with van der Waals surface area (Å²) >= 11 is 1.39. The number of rotatable bonds is 5. The van der Waals surface area contributed by atoms with Crippen molar-refractivity contribution in [1.82, 2.24) is 24.7 Å². The Hall–Kier alpha value is -3.13. The summed E-state index contributed by atoms with van der Waals surface area (Å²) in [6.07, 6.45) is 7.33. The first-order chi connectivity index (χ1) is 13.1. The average Bonchev–Trinajstić information content (AvgIpc) is 3.23. The van der Waals surface area contributed by atoms with Crippen LogP contribution in [0.15, 0.2) is 54.4 Å². The van der Waals surface area contributed by atoms with E-state index < -0.39 is 0 Å². The van der Waals surface area contributed by atoms with Gasteiger partial charge in [0.25, 0.3) is 5.91 Å². The third kappa shape index (κ3) is 3.70. The van der Waals surface area contributed by atoms with E-state index in [2.05, 4.69) is 20.3 Å². The number of nitrogens with zero attached hydrogens (tertiary/aromatic N) is 4. The molecule has 4 aromatic rings. The van der Waals surface area contributed by atoms with Crippen LogP contribution in [0, 0.1) is 5.82 Å². The van der Waals surface area contributed by atoms with Crippen molar-refractivity contribution in [1.29, 1.82) is 0 Å². The second-order valence-corrected chi connectivity index (χ2v) is 7.02. The number of benzene rings is 1. The minimum atomic E-state index is -0.295. The molecule has 3 heterocycles.